The number of aromatic carboxylic acids is 1. The second-order valence-electron chi connectivity index (χ2n) is 8.00. The van der Waals surface area contributed by atoms with E-state index >= 15 is 0 Å². The largest absolute Gasteiger partial charge is 0.493 e. The highest BCUT2D eigenvalue weighted by molar-refractivity contribution is 7.09. The van der Waals surface area contributed by atoms with Crippen molar-refractivity contribution in [2.45, 2.75) is 57.8 Å². The zero-order valence-electron chi connectivity index (χ0n) is 16.7. The minimum absolute atomic E-state index is 0.0398. The standard InChI is InChI=1S/C22H27NO5S/c1-3-13-4-5-14(8-12(13)2)27-10-16-15-6-7-19(28-20(15)9-18(16)24)21-23-17(11-29-21)22(25)26/h4-5,8,11,15-16,18-20,24H,3,6-7,9-10H2,1-2H3,(H,25,26)/t15-,16-,18+,19-,20+/m1/s1. The number of carbonyl (C=O) groups is 1. The predicted octanol–water partition coefficient (Wildman–Crippen LogP) is 4.01. The molecular formula is C22H27NO5S. The first-order valence-electron chi connectivity index (χ1n) is 10.2. The van der Waals surface area contributed by atoms with E-state index in [0.717, 1.165) is 25.0 Å². The van der Waals surface area contributed by atoms with Crippen LogP contribution in [0, 0.1) is 18.8 Å². The van der Waals surface area contributed by atoms with E-state index in [1.165, 1.54) is 22.5 Å². The summed E-state index contributed by atoms with van der Waals surface area (Å²) in [5.74, 6) is 0.111. The van der Waals surface area contributed by atoms with E-state index in [-0.39, 0.29) is 29.7 Å². The fraction of sp³-hybridized carbons (Fsp3) is 0.545. The van der Waals surface area contributed by atoms with Crippen LogP contribution in [-0.2, 0) is 11.2 Å². The van der Waals surface area contributed by atoms with Crippen LogP contribution in [0.1, 0.15) is 58.9 Å². The van der Waals surface area contributed by atoms with Crippen LogP contribution in [-0.4, -0.2) is 40.0 Å². The number of thiazole rings is 1. The van der Waals surface area contributed by atoms with Crippen molar-refractivity contribution in [2.75, 3.05) is 6.61 Å². The van der Waals surface area contributed by atoms with Crippen molar-refractivity contribution in [1.29, 1.82) is 0 Å². The number of fused-ring (bicyclic) bond motifs is 1. The molecule has 0 amide bonds. The van der Waals surface area contributed by atoms with E-state index in [4.69, 9.17) is 14.6 Å². The van der Waals surface area contributed by atoms with Crippen LogP contribution in [0.4, 0.5) is 0 Å². The van der Waals surface area contributed by atoms with Crippen LogP contribution >= 0.6 is 11.3 Å². The number of aryl methyl sites for hydroxylation is 2. The quantitative estimate of drug-likeness (QED) is 0.738. The van der Waals surface area contributed by atoms with Crippen LogP contribution in [0.3, 0.4) is 0 Å². The highest BCUT2D eigenvalue weighted by atomic mass is 32.1. The topological polar surface area (TPSA) is 88.9 Å². The molecule has 2 fully saturated rings. The molecule has 29 heavy (non-hydrogen) atoms. The summed E-state index contributed by atoms with van der Waals surface area (Å²) in [5, 5.41) is 22.0. The smallest absolute Gasteiger partial charge is 0.355 e. The number of carboxylic acid groups (broad SMARTS) is 1. The first-order chi connectivity index (χ1) is 14.0. The fourth-order valence-corrected chi connectivity index (χ4v) is 5.49. The van der Waals surface area contributed by atoms with Gasteiger partial charge in [-0.15, -0.1) is 11.3 Å². The van der Waals surface area contributed by atoms with Crippen LogP contribution in [0.15, 0.2) is 23.6 Å². The molecule has 2 aliphatic rings. The minimum Gasteiger partial charge on any atom is -0.493 e. The maximum Gasteiger partial charge on any atom is 0.355 e. The molecule has 6 nitrogen and oxygen atoms in total. The van der Waals surface area contributed by atoms with E-state index in [1.807, 2.05) is 6.07 Å². The highest BCUT2D eigenvalue weighted by Crippen LogP contribution is 2.46. The Morgan fingerprint density at radius 1 is 1.38 bits per heavy atom. The highest BCUT2D eigenvalue weighted by Gasteiger charge is 2.47. The van der Waals surface area contributed by atoms with Crippen LogP contribution < -0.4 is 4.74 Å². The number of aliphatic hydroxyl groups is 1. The Morgan fingerprint density at radius 3 is 2.90 bits per heavy atom. The Hall–Kier alpha value is -1.96. The molecule has 1 aliphatic carbocycles. The van der Waals surface area contributed by atoms with Gasteiger partial charge in [0, 0.05) is 17.7 Å². The SMILES string of the molecule is CCc1ccc(OC[C@@H]2[C@H]3CC[C@H](c4nc(C(=O)O)cs4)O[C@H]3C[C@@H]2O)cc1C. The molecule has 2 aromatic rings. The van der Waals surface area contributed by atoms with Crippen molar-refractivity contribution in [3.05, 3.63) is 45.4 Å². The Balaban J connectivity index is 1.38. The van der Waals surface area contributed by atoms with Gasteiger partial charge in [0.05, 0.1) is 18.8 Å². The Morgan fingerprint density at radius 2 is 2.21 bits per heavy atom. The summed E-state index contributed by atoms with van der Waals surface area (Å²) in [6.07, 6.45) is 2.59. The third kappa shape index (κ3) is 4.17. The van der Waals surface area contributed by atoms with Gasteiger partial charge < -0.3 is 19.7 Å². The van der Waals surface area contributed by atoms with Gasteiger partial charge in [0.15, 0.2) is 5.69 Å². The van der Waals surface area contributed by atoms with E-state index in [0.29, 0.717) is 18.0 Å². The molecule has 156 valence electrons. The van der Waals surface area contributed by atoms with Gasteiger partial charge in [-0.25, -0.2) is 9.78 Å². The van der Waals surface area contributed by atoms with Crippen molar-refractivity contribution in [3.63, 3.8) is 0 Å². The number of nitrogens with zero attached hydrogens (tertiary/aromatic N) is 1. The van der Waals surface area contributed by atoms with Crippen molar-refractivity contribution in [3.8, 4) is 5.75 Å². The molecule has 2 N–H and O–H groups in total. The minimum atomic E-state index is -1.02. The van der Waals surface area contributed by atoms with Gasteiger partial charge in [0.1, 0.15) is 16.9 Å². The number of benzene rings is 1. The second-order valence-corrected chi connectivity index (χ2v) is 8.89. The first-order valence-corrected chi connectivity index (χ1v) is 11.1. The molecule has 0 unspecified atom stereocenters. The predicted molar refractivity (Wildman–Crippen MR) is 110 cm³/mol. The lowest BCUT2D eigenvalue weighted by Gasteiger charge is -2.33. The molecule has 1 aromatic carbocycles. The molecular weight excluding hydrogens is 390 g/mol. The van der Waals surface area contributed by atoms with Gasteiger partial charge in [-0.05, 0) is 55.4 Å². The third-order valence-electron chi connectivity index (χ3n) is 6.25. The molecule has 0 spiro atoms. The maximum absolute atomic E-state index is 11.1. The molecule has 0 radical (unpaired) electrons. The molecule has 1 saturated heterocycles. The summed E-state index contributed by atoms with van der Waals surface area (Å²) in [6, 6.07) is 6.17. The van der Waals surface area contributed by atoms with E-state index in [2.05, 4.69) is 31.0 Å². The van der Waals surface area contributed by atoms with E-state index in [1.54, 1.807) is 5.38 Å². The Bertz CT molecular complexity index is 882. The van der Waals surface area contributed by atoms with Crippen LogP contribution in [0.2, 0.25) is 0 Å². The molecule has 2 heterocycles. The first kappa shape index (κ1) is 20.3. The number of rotatable bonds is 6. The summed E-state index contributed by atoms with van der Waals surface area (Å²) in [5.41, 5.74) is 2.61. The number of aromatic nitrogens is 1. The maximum atomic E-state index is 11.1. The van der Waals surface area contributed by atoms with Crippen LogP contribution in [0.25, 0.3) is 0 Å². The van der Waals surface area contributed by atoms with Crippen LogP contribution in [0.5, 0.6) is 5.75 Å². The third-order valence-corrected chi connectivity index (χ3v) is 7.19. The Kier molecular flexibility index (Phi) is 5.90. The zero-order chi connectivity index (χ0) is 20.5. The van der Waals surface area contributed by atoms with Gasteiger partial charge >= 0.3 is 5.97 Å². The van der Waals surface area contributed by atoms with Gasteiger partial charge in [0.25, 0.3) is 0 Å². The van der Waals surface area contributed by atoms with Crippen molar-refractivity contribution in [1.82, 2.24) is 4.98 Å². The molecule has 0 bridgehead atoms. The van der Waals surface area contributed by atoms with Gasteiger partial charge in [-0.2, -0.15) is 0 Å². The summed E-state index contributed by atoms with van der Waals surface area (Å²) < 4.78 is 12.3. The number of ether oxygens (including phenoxy) is 2. The zero-order valence-corrected chi connectivity index (χ0v) is 17.5. The summed E-state index contributed by atoms with van der Waals surface area (Å²) >= 11 is 1.33. The van der Waals surface area contributed by atoms with Crippen molar-refractivity contribution >= 4 is 17.3 Å². The molecule has 4 rings (SSSR count). The Labute approximate surface area is 174 Å². The molecule has 1 saturated carbocycles. The molecule has 5 atom stereocenters. The van der Waals surface area contributed by atoms with Gasteiger partial charge in [0.2, 0.25) is 0 Å². The average Bonchev–Trinajstić information content (AvgIpc) is 3.30. The van der Waals surface area contributed by atoms with E-state index < -0.39 is 12.1 Å². The van der Waals surface area contributed by atoms with Crippen molar-refractivity contribution < 1.29 is 24.5 Å². The summed E-state index contributed by atoms with van der Waals surface area (Å²) in [4.78, 5) is 15.3. The number of hydrogen-bond acceptors (Lipinski definition) is 6. The number of hydrogen-bond donors (Lipinski definition) is 2. The fourth-order valence-electron chi connectivity index (χ4n) is 4.63. The lowest BCUT2D eigenvalue weighted by molar-refractivity contribution is -0.0811. The molecule has 1 aromatic heterocycles. The van der Waals surface area contributed by atoms with Gasteiger partial charge in [-0.3, -0.25) is 0 Å². The molecule has 1 aliphatic heterocycles. The lowest BCUT2D eigenvalue weighted by atomic mass is 9.87. The average molecular weight is 418 g/mol. The van der Waals surface area contributed by atoms with Crippen molar-refractivity contribution in [2.24, 2.45) is 11.8 Å². The summed E-state index contributed by atoms with van der Waals surface area (Å²) in [6.45, 7) is 4.71. The normalized spacial score (nSPS) is 28.9. The van der Waals surface area contributed by atoms with E-state index in [9.17, 15) is 9.90 Å². The summed E-state index contributed by atoms with van der Waals surface area (Å²) in [7, 11) is 0. The van der Waals surface area contributed by atoms with Gasteiger partial charge in [-0.1, -0.05) is 13.0 Å². The lowest BCUT2D eigenvalue weighted by Crippen LogP contribution is -2.33. The monoisotopic (exact) mass is 417 g/mol. The number of aliphatic hydroxyl groups excluding tert-OH is 1. The molecule has 7 heteroatoms. The second kappa shape index (κ2) is 8.42. The number of carboxylic acids is 1.